The molecule has 1 aromatic rings. The van der Waals surface area contributed by atoms with Gasteiger partial charge in [0, 0.05) is 31.6 Å². The number of nitrogens with zero attached hydrogens (tertiary/aromatic N) is 3. The third kappa shape index (κ3) is 3.09. The minimum atomic E-state index is -0.193. The van der Waals surface area contributed by atoms with Gasteiger partial charge in [0.25, 0.3) is 0 Å². The number of rotatable bonds is 3. The number of likely N-dealkylation sites (N-methyl/N-ethyl adjacent to an activating group) is 1. The zero-order chi connectivity index (χ0) is 15.8. The summed E-state index contributed by atoms with van der Waals surface area (Å²) < 4.78 is 0. The van der Waals surface area contributed by atoms with Crippen LogP contribution < -0.4 is 10.6 Å². The molecule has 0 radical (unpaired) electrons. The predicted molar refractivity (Wildman–Crippen MR) is 84.7 cm³/mol. The largest absolute Gasteiger partial charge is 0.373 e. The molecule has 1 fully saturated rings. The number of likely N-dealkylation sites (tertiary alicyclic amines) is 1. The zero-order valence-corrected chi connectivity index (χ0v) is 13.7. The normalized spacial score (nSPS) is 19.0. The molecule has 116 valence electrons. The van der Waals surface area contributed by atoms with Gasteiger partial charge >= 0.3 is 0 Å². The maximum Gasteiger partial charge on any atom is 0.244 e. The molecule has 0 bridgehead atoms. The summed E-state index contributed by atoms with van der Waals surface area (Å²) in [5.74, 6) is 2.43. The lowest BCUT2D eigenvalue weighted by atomic mass is 9.95. The monoisotopic (exact) mass is 291 g/mol. The highest BCUT2D eigenvalue weighted by Crippen LogP contribution is 2.27. The highest BCUT2D eigenvalue weighted by molar-refractivity contribution is 5.86. The third-order valence-electron chi connectivity index (χ3n) is 3.79. The van der Waals surface area contributed by atoms with Crippen LogP contribution in [0.3, 0.4) is 0 Å². The second kappa shape index (κ2) is 5.50. The highest BCUT2D eigenvalue weighted by Gasteiger charge is 2.30. The third-order valence-corrected chi connectivity index (χ3v) is 3.79. The van der Waals surface area contributed by atoms with Crippen molar-refractivity contribution < 1.29 is 4.79 Å². The predicted octanol–water partition coefficient (Wildman–Crippen LogP) is 1.77. The average Bonchev–Trinajstić information content (AvgIpc) is 2.71. The molecule has 1 aromatic heterocycles. The number of aromatic nitrogens is 2. The number of hydrogen-bond donors (Lipinski definition) is 2. The number of hydrogen-bond acceptors (Lipinski definition) is 5. The van der Waals surface area contributed by atoms with Gasteiger partial charge in [0.05, 0.1) is 0 Å². The van der Waals surface area contributed by atoms with Crippen LogP contribution in [0, 0.1) is 6.92 Å². The molecular formula is C15H25N5O. The lowest BCUT2D eigenvalue weighted by molar-refractivity contribution is -0.127. The van der Waals surface area contributed by atoms with Crippen molar-refractivity contribution >= 4 is 17.5 Å². The first-order valence-electron chi connectivity index (χ1n) is 7.32. The Morgan fingerprint density at radius 1 is 1.24 bits per heavy atom. The molecule has 2 heterocycles. The van der Waals surface area contributed by atoms with E-state index in [-0.39, 0.29) is 17.4 Å². The van der Waals surface area contributed by atoms with Crippen molar-refractivity contribution in [2.75, 3.05) is 31.3 Å². The molecule has 1 amide bonds. The first-order valence-corrected chi connectivity index (χ1v) is 7.32. The fraction of sp³-hybridized carbons (Fsp3) is 0.667. The molecule has 2 N–H and O–H groups in total. The molecule has 0 spiro atoms. The van der Waals surface area contributed by atoms with Gasteiger partial charge in [0.1, 0.15) is 23.5 Å². The fourth-order valence-electron chi connectivity index (χ4n) is 2.36. The van der Waals surface area contributed by atoms with Crippen molar-refractivity contribution in [3.63, 3.8) is 0 Å². The molecule has 1 atom stereocenters. The summed E-state index contributed by atoms with van der Waals surface area (Å²) in [5, 5.41) is 6.40. The summed E-state index contributed by atoms with van der Waals surface area (Å²) in [6.07, 6.45) is 0.804. The van der Waals surface area contributed by atoms with Gasteiger partial charge in [-0.05, 0) is 13.3 Å². The van der Waals surface area contributed by atoms with Gasteiger partial charge in [-0.15, -0.1) is 0 Å². The Morgan fingerprint density at radius 2 is 1.86 bits per heavy atom. The second-order valence-electron chi connectivity index (χ2n) is 6.61. The molecule has 1 aliphatic heterocycles. The molecule has 6 nitrogen and oxygen atoms in total. The first kappa shape index (κ1) is 15.5. The van der Waals surface area contributed by atoms with Crippen molar-refractivity contribution in [1.29, 1.82) is 0 Å². The minimum absolute atomic E-state index is 0.122. The Morgan fingerprint density at radius 3 is 2.33 bits per heavy atom. The Balaban J connectivity index is 2.36. The van der Waals surface area contributed by atoms with Crippen molar-refractivity contribution in [1.82, 2.24) is 14.9 Å². The summed E-state index contributed by atoms with van der Waals surface area (Å²) >= 11 is 0. The van der Waals surface area contributed by atoms with Crippen LogP contribution in [0.1, 0.15) is 38.6 Å². The van der Waals surface area contributed by atoms with Crippen LogP contribution in [-0.2, 0) is 10.2 Å². The fourth-order valence-corrected chi connectivity index (χ4v) is 2.36. The van der Waals surface area contributed by atoms with Crippen LogP contribution in [0.25, 0.3) is 0 Å². The van der Waals surface area contributed by atoms with Gasteiger partial charge in [-0.2, -0.15) is 0 Å². The molecule has 1 unspecified atom stereocenters. The number of anilines is 2. The summed E-state index contributed by atoms with van der Waals surface area (Å²) in [7, 11) is 3.68. The summed E-state index contributed by atoms with van der Waals surface area (Å²) in [6.45, 7) is 8.98. The maximum atomic E-state index is 12.1. The van der Waals surface area contributed by atoms with Crippen molar-refractivity contribution in [3.05, 3.63) is 11.4 Å². The van der Waals surface area contributed by atoms with E-state index >= 15 is 0 Å². The molecular weight excluding hydrogens is 266 g/mol. The van der Waals surface area contributed by atoms with Gasteiger partial charge in [0.15, 0.2) is 0 Å². The van der Waals surface area contributed by atoms with Gasteiger partial charge in [-0.1, -0.05) is 20.8 Å². The second-order valence-corrected chi connectivity index (χ2v) is 6.61. The number of carbonyl (C=O) groups excluding carboxylic acids is 1. The van der Waals surface area contributed by atoms with Gasteiger partial charge < -0.3 is 15.5 Å². The molecule has 0 saturated carbocycles. The van der Waals surface area contributed by atoms with Crippen molar-refractivity contribution in [2.24, 2.45) is 0 Å². The lowest BCUT2D eigenvalue weighted by Gasteiger charge is -2.22. The standard InChI is InChI=1S/C15H25N5O/c1-9-11(16-5)18-14(15(2,3)4)19-12(9)17-10-7-8-20(6)13(10)21/h10H,7-8H2,1-6H3,(H2,16,17,18,19). The van der Waals surface area contributed by atoms with E-state index in [4.69, 9.17) is 0 Å². The molecule has 1 saturated heterocycles. The van der Waals surface area contributed by atoms with Crippen LogP contribution in [0.5, 0.6) is 0 Å². The van der Waals surface area contributed by atoms with Crippen LogP contribution in [0.15, 0.2) is 0 Å². The van der Waals surface area contributed by atoms with Gasteiger partial charge in [0.2, 0.25) is 5.91 Å². The van der Waals surface area contributed by atoms with Crippen LogP contribution >= 0.6 is 0 Å². The van der Waals surface area contributed by atoms with E-state index in [9.17, 15) is 4.79 Å². The number of carbonyl (C=O) groups is 1. The topological polar surface area (TPSA) is 70.2 Å². The quantitative estimate of drug-likeness (QED) is 0.888. The van der Waals surface area contributed by atoms with Crippen LogP contribution in [0.2, 0.25) is 0 Å². The van der Waals surface area contributed by atoms with Crippen molar-refractivity contribution in [3.8, 4) is 0 Å². The summed E-state index contributed by atoms with van der Waals surface area (Å²) in [5.41, 5.74) is 0.791. The van der Waals surface area contributed by atoms with E-state index in [1.54, 1.807) is 4.90 Å². The molecule has 6 heteroatoms. The maximum absolute atomic E-state index is 12.1. The SMILES string of the molecule is CNc1nc(C(C)(C)C)nc(NC2CCN(C)C2=O)c1C. The molecule has 1 aliphatic rings. The Kier molecular flexibility index (Phi) is 4.07. The van der Waals surface area contributed by atoms with E-state index in [0.717, 1.165) is 36.0 Å². The number of nitrogens with one attached hydrogen (secondary N) is 2. The Labute approximate surface area is 126 Å². The zero-order valence-electron chi connectivity index (χ0n) is 13.7. The van der Waals surface area contributed by atoms with E-state index in [0.29, 0.717) is 0 Å². The lowest BCUT2D eigenvalue weighted by Crippen LogP contribution is -2.32. The van der Waals surface area contributed by atoms with Gasteiger partial charge in [-0.3, -0.25) is 4.79 Å². The Hall–Kier alpha value is -1.85. The summed E-state index contributed by atoms with van der Waals surface area (Å²) in [6, 6.07) is -0.193. The van der Waals surface area contributed by atoms with Crippen LogP contribution in [0.4, 0.5) is 11.6 Å². The first-order chi connectivity index (χ1) is 9.74. The molecule has 2 rings (SSSR count). The molecule has 0 aliphatic carbocycles. The van der Waals surface area contributed by atoms with E-state index in [1.165, 1.54) is 0 Å². The minimum Gasteiger partial charge on any atom is -0.373 e. The van der Waals surface area contributed by atoms with E-state index in [2.05, 4.69) is 41.4 Å². The van der Waals surface area contributed by atoms with Gasteiger partial charge in [-0.25, -0.2) is 9.97 Å². The highest BCUT2D eigenvalue weighted by atomic mass is 16.2. The molecule has 0 aromatic carbocycles. The molecule has 21 heavy (non-hydrogen) atoms. The summed E-state index contributed by atoms with van der Waals surface area (Å²) in [4.78, 5) is 23.0. The average molecular weight is 291 g/mol. The number of amides is 1. The Bertz CT molecular complexity index is 550. The van der Waals surface area contributed by atoms with E-state index < -0.39 is 0 Å². The smallest absolute Gasteiger partial charge is 0.244 e. The van der Waals surface area contributed by atoms with E-state index in [1.807, 2.05) is 21.0 Å². The van der Waals surface area contributed by atoms with Crippen LogP contribution in [-0.4, -0.2) is 47.5 Å². The van der Waals surface area contributed by atoms with Crippen molar-refractivity contribution in [2.45, 2.75) is 45.6 Å².